The number of thiocarbonyl (C=S) groups is 1. The number of hydrogen-bond acceptors (Lipinski definition) is 2. The van der Waals surface area contributed by atoms with Crippen molar-refractivity contribution >= 4 is 17.4 Å². The van der Waals surface area contributed by atoms with Crippen LogP contribution in [0.25, 0.3) is 0 Å². The van der Waals surface area contributed by atoms with Gasteiger partial charge in [0.2, 0.25) is 0 Å². The Balaban J connectivity index is 2.48. The molecule has 3 heteroatoms. The van der Waals surface area contributed by atoms with Crippen molar-refractivity contribution in [2.45, 2.75) is 0 Å². The van der Waals surface area contributed by atoms with E-state index in [1.54, 1.807) is 0 Å². The number of nitrogens with zero attached hydrogens (tertiary/aromatic N) is 1. The molecule has 0 N–H and O–H groups in total. The predicted octanol–water partition coefficient (Wildman–Crippen LogP) is 0.233. The van der Waals surface area contributed by atoms with Crippen molar-refractivity contribution in [2.24, 2.45) is 0 Å². The van der Waals surface area contributed by atoms with Gasteiger partial charge in [0.15, 0.2) is 0 Å². The molecule has 0 aromatic carbocycles. The first-order valence-corrected chi connectivity index (χ1v) is 2.59. The van der Waals surface area contributed by atoms with Crippen molar-refractivity contribution < 1.29 is 4.74 Å². The Labute approximate surface area is 48.1 Å². The zero-order valence-electron chi connectivity index (χ0n) is 4.18. The van der Waals surface area contributed by atoms with Gasteiger partial charge >= 0.3 is 0 Å². The summed E-state index contributed by atoms with van der Waals surface area (Å²) in [6.45, 7) is 1.70. The monoisotopic (exact) mass is 117 g/mol. The second kappa shape index (κ2) is 1.66. The van der Waals surface area contributed by atoms with Gasteiger partial charge in [-0.25, -0.2) is 0 Å². The third kappa shape index (κ3) is 0.825. The summed E-state index contributed by atoms with van der Waals surface area (Å²) in [7, 11) is 1.93. The fourth-order valence-electron chi connectivity index (χ4n) is 0.471. The van der Waals surface area contributed by atoms with Crippen molar-refractivity contribution in [2.75, 3.05) is 20.2 Å². The van der Waals surface area contributed by atoms with Crippen LogP contribution in [0.4, 0.5) is 0 Å². The first-order chi connectivity index (χ1) is 3.30. The summed E-state index contributed by atoms with van der Waals surface area (Å²) in [5.74, 6) is 0. The van der Waals surface area contributed by atoms with E-state index in [0.29, 0.717) is 5.17 Å². The SMILES string of the molecule is CN1CCOC1=S. The van der Waals surface area contributed by atoms with E-state index in [9.17, 15) is 0 Å². The largest absolute Gasteiger partial charge is 0.469 e. The molecule has 40 valence electrons. The Hall–Kier alpha value is -0.310. The molecule has 1 heterocycles. The summed E-state index contributed by atoms with van der Waals surface area (Å²) in [6.07, 6.45) is 0. The lowest BCUT2D eigenvalue weighted by atomic mass is 10.7. The van der Waals surface area contributed by atoms with Gasteiger partial charge in [0.1, 0.15) is 6.61 Å². The molecule has 1 aliphatic heterocycles. The Morgan fingerprint density at radius 2 is 2.57 bits per heavy atom. The van der Waals surface area contributed by atoms with Gasteiger partial charge in [-0.05, 0) is 12.2 Å². The highest BCUT2D eigenvalue weighted by atomic mass is 32.1. The molecular weight excluding hydrogens is 110 g/mol. The van der Waals surface area contributed by atoms with Gasteiger partial charge in [0, 0.05) is 7.05 Å². The maximum atomic E-state index is 4.92. The Kier molecular flexibility index (Phi) is 1.15. The molecule has 0 radical (unpaired) electrons. The molecule has 1 fully saturated rings. The standard InChI is InChI=1S/C4H7NOS/c1-5-2-3-6-4(5)7/h2-3H2,1H3. The van der Waals surface area contributed by atoms with Crippen LogP contribution in [-0.2, 0) is 4.74 Å². The van der Waals surface area contributed by atoms with Gasteiger partial charge in [-0.15, -0.1) is 0 Å². The molecule has 0 aliphatic carbocycles. The Morgan fingerprint density at radius 3 is 2.71 bits per heavy atom. The van der Waals surface area contributed by atoms with Crippen LogP contribution in [-0.4, -0.2) is 30.3 Å². The lowest BCUT2D eigenvalue weighted by Crippen LogP contribution is -2.17. The average molecular weight is 117 g/mol. The van der Waals surface area contributed by atoms with Crippen molar-refractivity contribution in [3.05, 3.63) is 0 Å². The van der Waals surface area contributed by atoms with Crippen molar-refractivity contribution in [3.8, 4) is 0 Å². The van der Waals surface area contributed by atoms with E-state index in [0.717, 1.165) is 13.2 Å². The maximum absolute atomic E-state index is 4.92. The minimum Gasteiger partial charge on any atom is -0.469 e. The van der Waals surface area contributed by atoms with Gasteiger partial charge in [-0.1, -0.05) is 0 Å². The molecule has 1 aliphatic rings. The number of ether oxygens (including phenoxy) is 1. The molecule has 0 aromatic rings. The first-order valence-electron chi connectivity index (χ1n) is 2.18. The summed E-state index contributed by atoms with van der Waals surface area (Å²) in [4.78, 5) is 1.91. The highest BCUT2D eigenvalue weighted by Gasteiger charge is 2.11. The molecule has 0 unspecified atom stereocenters. The third-order valence-electron chi connectivity index (χ3n) is 0.964. The van der Waals surface area contributed by atoms with E-state index in [1.807, 2.05) is 11.9 Å². The van der Waals surface area contributed by atoms with Crippen molar-refractivity contribution in [1.82, 2.24) is 4.90 Å². The summed E-state index contributed by atoms with van der Waals surface area (Å²) < 4.78 is 4.92. The third-order valence-corrected chi connectivity index (χ3v) is 1.39. The van der Waals surface area contributed by atoms with E-state index in [4.69, 9.17) is 17.0 Å². The van der Waals surface area contributed by atoms with Gasteiger partial charge in [-0.3, -0.25) is 0 Å². The van der Waals surface area contributed by atoms with Gasteiger partial charge in [0.25, 0.3) is 5.17 Å². The van der Waals surface area contributed by atoms with Crippen LogP contribution in [0.15, 0.2) is 0 Å². The molecule has 0 aromatic heterocycles. The van der Waals surface area contributed by atoms with Crippen LogP contribution in [0.2, 0.25) is 0 Å². The smallest absolute Gasteiger partial charge is 0.259 e. The van der Waals surface area contributed by atoms with Crippen LogP contribution in [0.5, 0.6) is 0 Å². The molecule has 1 rings (SSSR count). The molecule has 7 heavy (non-hydrogen) atoms. The Bertz CT molecular complexity index is 93.7. The van der Waals surface area contributed by atoms with Crippen molar-refractivity contribution in [3.63, 3.8) is 0 Å². The highest BCUT2D eigenvalue weighted by Crippen LogP contribution is 1.97. The normalized spacial score (nSPS) is 20.1. The van der Waals surface area contributed by atoms with Gasteiger partial charge in [0.05, 0.1) is 6.54 Å². The minimum absolute atomic E-state index is 0.625. The van der Waals surface area contributed by atoms with E-state index >= 15 is 0 Å². The summed E-state index contributed by atoms with van der Waals surface area (Å²) in [6, 6.07) is 0. The van der Waals surface area contributed by atoms with Crippen LogP contribution in [0.1, 0.15) is 0 Å². The number of hydrogen-bond donors (Lipinski definition) is 0. The molecule has 0 atom stereocenters. The van der Waals surface area contributed by atoms with E-state index in [2.05, 4.69) is 0 Å². The summed E-state index contributed by atoms with van der Waals surface area (Å²) in [5.41, 5.74) is 0. The van der Waals surface area contributed by atoms with Crippen LogP contribution in [0.3, 0.4) is 0 Å². The maximum Gasteiger partial charge on any atom is 0.259 e. The van der Waals surface area contributed by atoms with Gasteiger partial charge < -0.3 is 9.64 Å². The topological polar surface area (TPSA) is 12.5 Å². The molecule has 0 amide bonds. The molecule has 2 nitrogen and oxygen atoms in total. The second-order valence-electron chi connectivity index (χ2n) is 1.54. The molecule has 0 bridgehead atoms. The summed E-state index contributed by atoms with van der Waals surface area (Å²) in [5, 5.41) is 0.625. The van der Waals surface area contributed by atoms with Crippen LogP contribution >= 0.6 is 12.2 Å². The fourth-order valence-corrected chi connectivity index (χ4v) is 0.646. The van der Waals surface area contributed by atoms with Crippen LogP contribution < -0.4 is 0 Å². The lowest BCUT2D eigenvalue weighted by molar-refractivity contribution is 0.361. The van der Waals surface area contributed by atoms with Crippen LogP contribution in [0, 0.1) is 0 Å². The average Bonchev–Trinajstić information content (AvgIpc) is 1.91. The first kappa shape index (κ1) is 4.84. The zero-order chi connectivity index (χ0) is 5.28. The van der Waals surface area contributed by atoms with E-state index < -0.39 is 0 Å². The molecule has 0 saturated carbocycles. The number of likely N-dealkylation sites (N-methyl/N-ethyl adjacent to an activating group) is 1. The minimum atomic E-state index is 0.625. The highest BCUT2D eigenvalue weighted by molar-refractivity contribution is 7.80. The lowest BCUT2D eigenvalue weighted by Gasteiger charge is -2.02. The molecule has 0 spiro atoms. The fraction of sp³-hybridized carbons (Fsp3) is 0.750. The van der Waals surface area contributed by atoms with E-state index in [1.165, 1.54) is 0 Å². The van der Waals surface area contributed by atoms with Gasteiger partial charge in [-0.2, -0.15) is 0 Å². The predicted molar refractivity (Wildman–Crippen MR) is 31.2 cm³/mol. The quantitative estimate of drug-likeness (QED) is 0.421. The Morgan fingerprint density at radius 1 is 1.86 bits per heavy atom. The molecule has 1 saturated heterocycles. The zero-order valence-corrected chi connectivity index (χ0v) is 4.99. The second-order valence-corrected chi connectivity index (χ2v) is 1.89. The molecular formula is C4H7NOS. The summed E-state index contributed by atoms with van der Waals surface area (Å²) >= 11 is 4.75. The van der Waals surface area contributed by atoms with E-state index in [-0.39, 0.29) is 0 Å². The van der Waals surface area contributed by atoms with Crippen molar-refractivity contribution in [1.29, 1.82) is 0 Å². The number of rotatable bonds is 0.